The monoisotopic (exact) mass is 374 g/mol. The molecule has 2 aromatic rings. The SMILES string of the molecule is COc1cccc(C[Si](C)(C)O[Si](C)(C)Cc2cccc(OC)c2)c1. The summed E-state index contributed by atoms with van der Waals surface area (Å²) >= 11 is 0. The highest BCUT2D eigenvalue weighted by Crippen LogP contribution is 2.24. The molecule has 0 aromatic heterocycles. The Hall–Kier alpha value is -1.57. The van der Waals surface area contributed by atoms with Gasteiger partial charge in [0.2, 0.25) is 0 Å². The molecule has 0 atom stereocenters. The molecule has 0 unspecified atom stereocenters. The van der Waals surface area contributed by atoms with Crippen LogP contribution in [0.1, 0.15) is 11.1 Å². The van der Waals surface area contributed by atoms with E-state index in [4.69, 9.17) is 13.6 Å². The van der Waals surface area contributed by atoms with Crippen molar-refractivity contribution in [2.24, 2.45) is 0 Å². The van der Waals surface area contributed by atoms with Crippen molar-refractivity contribution in [2.45, 2.75) is 38.3 Å². The summed E-state index contributed by atoms with van der Waals surface area (Å²) in [6, 6.07) is 18.6. The lowest BCUT2D eigenvalue weighted by molar-refractivity contribution is 0.414. The number of ether oxygens (including phenoxy) is 2. The molecule has 25 heavy (non-hydrogen) atoms. The van der Waals surface area contributed by atoms with E-state index in [0.29, 0.717) is 0 Å². The van der Waals surface area contributed by atoms with Gasteiger partial charge in [-0.25, -0.2) is 0 Å². The normalized spacial score (nSPS) is 12.1. The zero-order valence-corrected chi connectivity index (χ0v) is 18.3. The Morgan fingerprint density at radius 2 is 1.08 bits per heavy atom. The van der Waals surface area contributed by atoms with E-state index < -0.39 is 16.6 Å². The summed E-state index contributed by atoms with van der Waals surface area (Å²) in [4.78, 5) is 0. The summed E-state index contributed by atoms with van der Waals surface area (Å²) in [5.41, 5.74) is 2.59. The zero-order valence-electron chi connectivity index (χ0n) is 16.3. The van der Waals surface area contributed by atoms with Crippen LogP contribution in [0.25, 0.3) is 0 Å². The molecule has 0 N–H and O–H groups in total. The molecule has 3 nitrogen and oxygen atoms in total. The molecule has 0 radical (unpaired) electrons. The van der Waals surface area contributed by atoms with Gasteiger partial charge in [0.25, 0.3) is 0 Å². The fourth-order valence-corrected chi connectivity index (χ4v) is 12.3. The van der Waals surface area contributed by atoms with Gasteiger partial charge in [0.1, 0.15) is 11.5 Å². The summed E-state index contributed by atoms with van der Waals surface area (Å²) in [5, 5.41) is 0. The van der Waals surface area contributed by atoms with Crippen LogP contribution >= 0.6 is 0 Å². The molecular formula is C20H30O3Si2. The highest BCUT2D eigenvalue weighted by atomic mass is 28.4. The van der Waals surface area contributed by atoms with Gasteiger partial charge >= 0.3 is 0 Å². The quantitative estimate of drug-likeness (QED) is 0.609. The second-order valence-electron chi connectivity index (χ2n) is 7.68. The maximum Gasteiger partial charge on any atom is 0.177 e. The third-order valence-corrected chi connectivity index (χ3v) is 11.0. The summed E-state index contributed by atoms with van der Waals surface area (Å²) < 4.78 is 17.5. The average molecular weight is 375 g/mol. The van der Waals surface area contributed by atoms with E-state index in [1.165, 1.54) is 11.1 Å². The Kier molecular flexibility index (Phi) is 6.49. The third-order valence-electron chi connectivity index (χ3n) is 4.08. The Morgan fingerprint density at radius 1 is 0.680 bits per heavy atom. The summed E-state index contributed by atoms with van der Waals surface area (Å²) in [6.07, 6.45) is 0. The average Bonchev–Trinajstić information content (AvgIpc) is 2.53. The number of methoxy groups -OCH3 is 2. The van der Waals surface area contributed by atoms with Crippen LogP contribution in [-0.4, -0.2) is 30.9 Å². The molecule has 136 valence electrons. The molecule has 0 spiro atoms. The second kappa shape index (κ2) is 8.21. The van der Waals surface area contributed by atoms with E-state index in [2.05, 4.69) is 62.6 Å². The fraction of sp³-hybridized carbons (Fsp3) is 0.400. The van der Waals surface area contributed by atoms with Gasteiger partial charge in [0, 0.05) is 0 Å². The molecule has 0 heterocycles. The number of hydrogen-bond acceptors (Lipinski definition) is 3. The standard InChI is InChI=1S/C20H30O3Si2/c1-21-19-11-7-9-17(13-19)15-24(3,4)23-25(5,6)16-18-10-8-12-20(14-18)22-2/h7-14H,15-16H2,1-6H3. The Morgan fingerprint density at radius 3 is 1.44 bits per heavy atom. The lowest BCUT2D eigenvalue weighted by Crippen LogP contribution is -2.47. The zero-order chi connectivity index (χ0) is 18.5. The Balaban J connectivity index is 2.05. The molecular weight excluding hydrogens is 344 g/mol. The Labute approximate surface area is 154 Å². The molecule has 0 amide bonds. The van der Waals surface area contributed by atoms with Crippen LogP contribution in [0.4, 0.5) is 0 Å². The first kappa shape index (κ1) is 19.8. The van der Waals surface area contributed by atoms with Crippen LogP contribution in [0.5, 0.6) is 11.5 Å². The minimum absolute atomic E-state index is 0.912. The molecule has 0 saturated carbocycles. The number of hydrogen-bond donors (Lipinski definition) is 0. The van der Waals surface area contributed by atoms with Crippen molar-refractivity contribution in [1.29, 1.82) is 0 Å². The van der Waals surface area contributed by atoms with E-state index in [0.717, 1.165) is 23.6 Å². The van der Waals surface area contributed by atoms with Gasteiger partial charge in [0.05, 0.1) is 14.2 Å². The van der Waals surface area contributed by atoms with Gasteiger partial charge < -0.3 is 13.6 Å². The van der Waals surface area contributed by atoms with E-state index in [-0.39, 0.29) is 0 Å². The number of benzene rings is 2. The Bertz CT molecular complexity index is 639. The lowest BCUT2D eigenvalue weighted by Gasteiger charge is -2.34. The maximum atomic E-state index is 6.78. The molecule has 0 aliphatic heterocycles. The van der Waals surface area contributed by atoms with Crippen molar-refractivity contribution in [1.82, 2.24) is 0 Å². The van der Waals surface area contributed by atoms with Gasteiger partial charge in [0.15, 0.2) is 16.6 Å². The van der Waals surface area contributed by atoms with Crippen molar-refractivity contribution in [3.05, 3.63) is 59.7 Å². The van der Waals surface area contributed by atoms with E-state index >= 15 is 0 Å². The molecule has 0 aliphatic carbocycles. The third kappa shape index (κ3) is 6.34. The topological polar surface area (TPSA) is 27.7 Å². The highest BCUT2D eigenvalue weighted by molar-refractivity contribution is 6.84. The van der Waals surface area contributed by atoms with Crippen LogP contribution in [-0.2, 0) is 16.2 Å². The van der Waals surface area contributed by atoms with E-state index in [1.54, 1.807) is 14.2 Å². The van der Waals surface area contributed by atoms with Crippen molar-refractivity contribution in [3.63, 3.8) is 0 Å². The van der Waals surface area contributed by atoms with Gasteiger partial charge in [-0.05, 0) is 73.7 Å². The maximum absolute atomic E-state index is 6.78. The molecule has 0 aliphatic rings. The molecule has 0 bridgehead atoms. The summed E-state index contributed by atoms with van der Waals surface area (Å²) in [6.45, 7) is 9.25. The van der Waals surface area contributed by atoms with Gasteiger partial charge in [-0.3, -0.25) is 0 Å². The highest BCUT2D eigenvalue weighted by Gasteiger charge is 2.33. The van der Waals surface area contributed by atoms with E-state index in [9.17, 15) is 0 Å². The van der Waals surface area contributed by atoms with Crippen LogP contribution in [0.3, 0.4) is 0 Å². The predicted molar refractivity (Wildman–Crippen MR) is 109 cm³/mol. The molecule has 0 fully saturated rings. The fourth-order valence-electron chi connectivity index (χ4n) is 3.37. The van der Waals surface area contributed by atoms with Crippen molar-refractivity contribution >= 4 is 16.6 Å². The van der Waals surface area contributed by atoms with Gasteiger partial charge in [-0.2, -0.15) is 0 Å². The smallest absolute Gasteiger partial charge is 0.177 e. The molecule has 0 saturated heterocycles. The van der Waals surface area contributed by atoms with Crippen LogP contribution in [0.2, 0.25) is 26.2 Å². The first-order valence-corrected chi connectivity index (χ1v) is 14.9. The predicted octanol–water partition coefficient (Wildman–Crippen LogP) is 4.99. The summed E-state index contributed by atoms with van der Waals surface area (Å²) in [7, 11) is -0.211. The van der Waals surface area contributed by atoms with Crippen molar-refractivity contribution < 1.29 is 13.6 Å². The largest absolute Gasteiger partial charge is 0.497 e. The first-order chi connectivity index (χ1) is 11.7. The van der Waals surface area contributed by atoms with Crippen LogP contribution < -0.4 is 9.47 Å². The van der Waals surface area contributed by atoms with Crippen LogP contribution in [0.15, 0.2) is 48.5 Å². The lowest BCUT2D eigenvalue weighted by atomic mass is 10.2. The minimum atomic E-state index is -1.82. The second-order valence-corrected chi connectivity index (χ2v) is 16.2. The van der Waals surface area contributed by atoms with Crippen molar-refractivity contribution in [2.75, 3.05) is 14.2 Å². The van der Waals surface area contributed by atoms with Crippen molar-refractivity contribution in [3.8, 4) is 11.5 Å². The van der Waals surface area contributed by atoms with Gasteiger partial charge in [-0.15, -0.1) is 0 Å². The first-order valence-electron chi connectivity index (χ1n) is 8.69. The minimum Gasteiger partial charge on any atom is -0.497 e. The van der Waals surface area contributed by atoms with E-state index in [1.807, 2.05) is 12.1 Å². The molecule has 5 heteroatoms. The van der Waals surface area contributed by atoms with Gasteiger partial charge in [-0.1, -0.05) is 24.3 Å². The molecule has 2 rings (SSSR count). The molecule has 2 aromatic carbocycles. The number of rotatable bonds is 8. The van der Waals surface area contributed by atoms with Crippen LogP contribution in [0, 0.1) is 0 Å². The summed E-state index contributed by atoms with van der Waals surface area (Å²) in [5.74, 6) is 1.82.